The van der Waals surface area contributed by atoms with E-state index in [0.717, 1.165) is 44.5 Å². The van der Waals surface area contributed by atoms with Crippen LogP contribution < -0.4 is 64.9 Å². The summed E-state index contributed by atoms with van der Waals surface area (Å²) in [6, 6.07) is 83.7. The van der Waals surface area contributed by atoms with Gasteiger partial charge in [-0.2, -0.15) is 20.4 Å². The van der Waals surface area contributed by atoms with Crippen LogP contribution in [0.15, 0.2) is 308 Å². The van der Waals surface area contributed by atoms with Gasteiger partial charge in [0.2, 0.25) is 45.0 Å². The molecule has 14 aromatic rings. The number of nitrogens with zero attached hydrogens (tertiary/aromatic N) is 8. The molecule has 0 saturated carbocycles. The molecule has 744 valence electrons. The number of hydrogen-bond acceptors (Lipinski definition) is 22. The first-order valence-corrected chi connectivity index (χ1v) is 46.7. The predicted molar refractivity (Wildman–Crippen MR) is 535 cm³/mol. The van der Waals surface area contributed by atoms with Crippen molar-refractivity contribution in [1.82, 2.24) is 81.1 Å². The first-order valence-electron chi connectivity index (χ1n) is 45.3. The van der Waals surface area contributed by atoms with Gasteiger partial charge in [-0.15, -0.1) is 0 Å². The van der Waals surface area contributed by atoms with Crippen molar-refractivity contribution in [3.05, 3.63) is 399 Å². The molecule has 0 bridgehead atoms. The second-order valence-corrected chi connectivity index (χ2v) is 34.9. The average molecular weight is 1980 g/mol. The standard InChI is InChI=1S/C30H29N5O4.C28H27N5O5S.C24H25N5O5.C24H25N5O4/c1-20-16-26(30(39)33-25(28(37)29(31)38)17-21-8-4-2-5-9-21)35(34-20)24-14-12-23(13-15-24)19-32-27(36)18-22-10-6-3-7-11-22;1-19-16-25(28(36)31-24(26(34)27(29)35)17-20-8-4-2-5-9-20)33(32-19)22-14-12-21(13-15-22)18-30-39(37,38)23-10-6-3-7-11-23;1-15-12-20(29(28-15)18-10-8-17(9-11-18)14-26-24(33)34-2)23(32)27-19(21(30)22(25)31)13-16-6-4-3-5-7-16;1-15-12-21(29(28-15)19-10-8-18(9-11-19)14-26-16(2)30)24(33)27-20(22(31)23(25)32)13-17-6-4-3-5-7-17/h2-16,25H,17-19H2,1H3,(H2,31,38)(H,32,36)(H,33,39);2-16,24,30H,17-18H2,1H3,(H2,29,35)(H,31,36);3-12,19H,13-14H2,1-2H3,(H2,25,31)(H,26,33)(H,27,32);3-12,20H,13-14H2,1-2H3,(H2,25,32)(H,26,30)(H,27,33). The van der Waals surface area contributed by atoms with Crippen molar-refractivity contribution < 1.29 is 85.1 Å². The summed E-state index contributed by atoms with van der Waals surface area (Å²) in [6.07, 6.45) is 0.207. The van der Waals surface area contributed by atoms with Crippen LogP contribution in [-0.2, 0) is 121 Å². The Balaban J connectivity index is 0.000000185. The molecule has 0 fully saturated rings. The fourth-order valence-electron chi connectivity index (χ4n) is 14.7. The van der Waals surface area contributed by atoms with Gasteiger partial charge in [-0.3, -0.25) is 67.1 Å². The lowest BCUT2D eigenvalue weighted by Crippen LogP contribution is -2.47. The van der Waals surface area contributed by atoms with Gasteiger partial charge in [-0.1, -0.05) is 218 Å². The van der Waals surface area contributed by atoms with Gasteiger partial charge in [-0.05, 0) is 163 Å². The molecule has 0 saturated heterocycles. The number of nitrogens with two attached hydrogens (primary N) is 4. The Labute approximate surface area is 833 Å². The molecule has 0 spiro atoms. The number of ether oxygens (including phenoxy) is 1. The molecule has 0 aliphatic carbocycles. The van der Waals surface area contributed by atoms with E-state index in [0.29, 0.717) is 70.6 Å². The zero-order valence-corrected chi connectivity index (χ0v) is 80.5. The zero-order valence-electron chi connectivity index (χ0n) is 79.7. The minimum Gasteiger partial charge on any atom is -0.453 e. The summed E-state index contributed by atoms with van der Waals surface area (Å²) < 4.78 is 37.9. The number of aryl methyl sites for hydroxylation is 4. The molecule has 4 unspecified atom stereocenters. The monoisotopic (exact) mass is 1980 g/mol. The number of carbonyl (C=O) groups is 15. The lowest BCUT2D eigenvalue weighted by molar-refractivity contribution is -0.137. The highest BCUT2D eigenvalue weighted by molar-refractivity contribution is 7.89. The first kappa shape index (κ1) is 107. The van der Waals surface area contributed by atoms with E-state index < -0.39 is 111 Å². The van der Waals surface area contributed by atoms with E-state index in [9.17, 15) is 80.3 Å². The van der Waals surface area contributed by atoms with Crippen molar-refractivity contribution in [2.45, 2.75) is 122 Å². The molecule has 4 heterocycles. The average Bonchev–Trinajstić information content (AvgIpc) is 1.69. The van der Waals surface area contributed by atoms with E-state index in [1.165, 1.54) is 44.9 Å². The molecule has 0 aliphatic heterocycles. The number of methoxy groups -OCH3 is 1. The number of carbonyl (C=O) groups excluding carboxylic acids is 15. The maximum Gasteiger partial charge on any atom is 0.407 e. The SMILES string of the molecule is CC(=O)NCc1ccc(-n2nc(C)cc2C(=O)NC(Cc2ccccc2)C(=O)C(N)=O)cc1.COC(=O)NCc1ccc(-n2nc(C)cc2C(=O)NC(Cc2ccccc2)C(=O)C(N)=O)cc1.Cc1cc(C(=O)NC(Cc2ccccc2)C(=O)C(N)=O)n(-c2ccc(CNC(=O)Cc3ccccc3)cc2)n1.Cc1cc(C(=O)NC(Cc2ccccc2)C(=O)C(N)=O)n(-c2ccc(CNS(=O)(=O)c3ccccc3)cc2)n1. The van der Waals surface area contributed by atoms with Crippen LogP contribution in [0.25, 0.3) is 22.7 Å². The smallest absolute Gasteiger partial charge is 0.407 e. The second kappa shape index (κ2) is 51.5. The predicted octanol–water partition coefficient (Wildman–Crippen LogP) is 7.13. The van der Waals surface area contributed by atoms with Crippen molar-refractivity contribution in [2.75, 3.05) is 7.11 Å². The summed E-state index contributed by atoms with van der Waals surface area (Å²) in [5, 5.41) is 36.3. The van der Waals surface area contributed by atoms with Crippen LogP contribution in [0.1, 0.15) is 122 Å². The Hall–Kier alpha value is -18.4. The Bertz CT molecular complexity index is 7090. The number of primary amides is 4. The molecule has 38 nitrogen and oxygen atoms in total. The van der Waals surface area contributed by atoms with Gasteiger partial charge < -0.3 is 64.9 Å². The number of amides is 11. The number of Topliss-reactive ketones (excluding diaryl/α,β-unsaturated/α-hetero) is 4. The summed E-state index contributed by atoms with van der Waals surface area (Å²) in [5.41, 5.74) is 33.6. The largest absolute Gasteiger partial charge is 0.453 e. The van der Waals surface area contributed by atoms with Crippen molar-refractivity contribution in [3.63, 3.8) is 0 Å². The van der Waals surface area contributed by atoms with Crippen molar-refractivity contribution in [1.29, 1.82) is 0 Å². The third-order valence-corrected chi connectivity index (χ3v) is 23.4. The van der Waals surface area contributed by atoms with E-state index in [4.69, 9.17) is 22.9 Å². The van der Waals surface area contributed by atoms with Crippen LogP contribution in [0.4, 0.5) is 4.79 Å². The molecule has 14 rings (SSSR count). The van der Waals surface area contributed by atoms with Crippen molar-refractivity contribution >= 4 is 98.3 Å². The number of sulfonamides is 1. The molecule has 4 atom stereocenters. The maximum absolute atomic E-state index is 13.3. The highest BCUT2D eigenvalue weighted by Gasteiger charge is 2.33. The molecule has 10 aromatic carbocycles. The van der Waals surface area contributed by atoms with Gasteiger partial charge in [-0.25, -0.2) is 36.7 Å². The molecule has 16 N–H and O–H groups in total. The first-order chi connectivity index (χ1) is 69.4. The topological polar surface area (TPSA) is 571 Å². The number of alkyl carbamates (subject to hydrolysis) is 1. The lowest BCUT2D eigenvalue weighted by Gasteiger charge is -2.17. The van der Waals surface area contributed by atoms with Crippen LogP contribution >= 0.6 is 0 Å². The van der Waals surface area contributed by atoms with Gasteiger partial charge >= 0.3 is 6.09 Å². The number of hydrogen-bond donors (Lipinski definition) is 12. The summed E-state index contributed by atoms with van der Waals surface area (Å²) in [4.78, 5) is 184. The van der Waals surface area contributed by atoms with Crippen LogP contribution in [0.2, 0.25) is 0 Å². The highest BCUT2D eigenvalue weighted by atomic mass is 32.2. The normalized spacial score (nSPS) is 11.6. The highest BCUT2D eigenvalue weighted by Crippen LogP contribution is 2.23. The number of aromatic nitrogens is 8. The Morgan fingerprint density at radius 3 is 0.786 bits per heavy atom. The van der Waals surface area contributed by atoms with Gasteiger partial charge in [0.25, 0.3) is 47.3 Å². The van der Waals surface area contributed by atoms with E-state index >= 15 is 0 Å². The minimum atomic E-state index is -3.66. The van der Waals surface area contributed by atoms with Crippen LogP contribution in [0, 0.1) is 27.7 Å². The third kappa shape index (κ3) is 31.6. The molecule has 39 heteroatoms. The van der Waals surface area contributed by atoms with E-state index in [2.05, 4.69) is 67.1 Å². The van der Waals surface area contributed by atoms with Crippen LogP contribution in [-0.4, -0.2) is 167 Å². The Kier molecular flexibility index (Phi) is 38.0. The third-order valence-electron chi connectivity index (χ3n) is 22.0. The quantitative estimate of drug-likeness (QED) is 0.0170. The molecular weight excluding hydrogens is 1870 g/mol. The fraction of sp³-hybridized carbons (Fsp3) is 0.179. The van der Waals surface area contributed by atoms with Gasteiger partial charge in [0.1, 0.15) is 46.9 Å². The lowest BCUT2D eigenvalue weighted by atomic mass is 10.0. The maximum atomic E-state index is 13.3. The number of benzene rings is 10. The summed E-state index contributed by atoms with van der Waals surface area (Å²) in [5.74, 6) is -10.6. The van der Waals surface area contributed by atoms with Gasteiger partial charge in [0.15, 0.2) is 0 Å². The summed E-state index contributed by atoms with van der Waals surface area (Å²) in [7, 11) is -2.38. The summed E-state index contributed by atoms with van der Waals surface area (Å²) >= 11 is 0. The van der Waals surface area contributed by atoms with Crippen molar-refractivity contribution in [3.8, 4) is 22.7 Å². The van der Waals surface area contributed by atoms with Crippen LogP contribution in [0.3, 0.4) is 0 Å². The molecule has 145 heavy (non-hydrogen) atoms. The Morgan fingerprint density at radius 1 is 0.303 bits per heavy atom. The van der Waals surface area contributed by atoms with E-state index in [-0.39, 0.29) is 78.3 Å². The zero-order chi connectivity index (χ0) is 104. The van der Waals surface area contributed by atoms with Gasteiger partial charge in [0.05, 0.1) is 64.0 Å². The molecule has 11 amide bonds. The number of nitrogens with one attached hydrogen (secondary N) is 8. The van der Waals surface area contributed by atoms with Crippen LogP contribution in [0.5, 0.6) is 0 Å². The van der Waals surface area contributed by atoms with Crippen molar-refractivity contribution in [2.24, 2.45) is 22.9 Å². The fourth-order valence-corrected chi connectivity index (χ4v) is 15.7. The summed E-state index contributed by atoms with van der Waals surface area (Å²) in [6.45, 7) is 9.47. The number of rotatable bonds is 40. The molecule has 0 radical (unpaired) electrons. The molecular formula is C106H106N20O18S. The van der Waals surface area contributed by atoms with Gasteiger partial charge in [0, 0.05) is 58.8 Å². The Morgan fingerprint density at radius 2 is 0.538 bits per heavy atom. The second-order valence-electron chi connectivity index (χ2n) is 33.1. The van der Waals surface area contributed by atoms with E-state index in [1.807, 2.05) is 78.9 Å². The van der Waals surface area contributed by atoms with E-state index in [1.54, 1.807) is 240 Å². The number of ketones is 4. The molecule has 0 aliphatic rings. The molecule has 4 aromatic heterocycles. The minimum absolute atomic E-state index is 0.0688.